The SMILES string of the molecule is C[C@H](Cl)c1cccc(F)c1. The molecule has 0 bridgehead atoms. The molecule has 54 valence electrons. The monoisotopic (exact) mass is 158 g/mol. The first-order valence-corrected chi connectivity index (χ1v) is 3.53. The Balaban J connectivity index is 2.96. The zero-order valence-electron chi connectivity index (χ0n) is 5.64. The highest BCUT2D eigenvalue weighted by atomic mass is 35.5. The number of benzene rings is 1. The van der Waals surface area contributed by atoms with Crippen LogP contribution < -0.4 is 0 Å². The van der Waals surface area contributed by atoms with Crippen LogP contribution in [0.25, 0.3) is 0 Å². The predicted molar refractivity (Wildman–Crippen MR) is 40.7 cm³/mol. The van der Waals surface area contributed by atoms with E-state index in [2.05, 4.69) is 0 Å². The van der Waals surface area contributed by atoms with Crippen LogP contribution in [0.5, 0.6) is 0 Å². The van der Waals surface area contributed by atoms with E-state index in [-0.39, 0.29) is 11.2 Å². The van der Waals surface area contributed by atoms with Gasteiger partial charge < -0.3 is 0 Å². The molecule has 0 N–H and O–H groups in total. The Morgan fingerprint density at radius 1 is 1.50 bits per heavy atom. The smallest absolute Gasteiger partial charge is 0.123 e. The molecule has 0 saturated heterocycles. The molecule has 0 spiro atoms. The highest BCUT2D eigenvalue weighted by Crippen LogP contribution is 2.19. The van der Waals surface area contributed by atoms with Crippen LogP contribution in [0.3, 0.4) is 0 Å². The number of hydrogen-bond acceptors (Lipinski definition) is 0. The van der Waals surface area contributed by atoms with Crippen molar-refractivity contribution in [1.29, 1.82) is 0 Å². The van der Waals surface area contributed by atoms with Gasteiger partial charge in [-0.25, -0.2) is 4.39 Å². The molecule has 0 aliphatic heterocycles. The third-order valence-electron chi connectivity index (χ3n) is 1.31. The Morgan fingerprint density at radius 2 is 2.20 bits per heavy atom. The molecule has 0 radical (unpaired) electrons. The summed E-state index contributed by atoms with van der Waals surface area (Å²) in [5, 5.41) is -0.115. The Kier molecular flexibility index (Phi) is 2.28. The van der Waals surface area contributed by atoms with Gasteiger partial charge in [-0.15, -0.1) is 11.6 Å². The lowest BCUT2D eigenvalue weighted by Crippen LogP contribution is -1.84. The fourth-order valence-electron chi connectivity index (χ4n) is 0.754. The van der Waals surface area contributed by atoms with Crippen LogP contribution in [0, 0.1) is 5.82 Å². The summed E-state index contributed by atoms with van der Waals surface area (Å²) in [6.07, 6.45) is 0. The molecule has 0 unspecified atom stereocenters. The molecule has 0 nitrogen and oxygen atoms in total. The third-order valence-corrected chi connectivity index (χ3v) is 1.56. The van der Waals surface area contributed by atoms with Gasteiger partial charge in [0.2, 0.25) is 0 Å². The quantitative estimate of drug-likeness (QED) is 0.551. The molecule has 1 aromatic carbocycles. The number of alkyl halides is 1. The van der Waals surface area contributed by atoms with Crippen LogP contribution >= 0.6 is 11.6 Å². The van der Waals surface area contributed by atoms with Crippen molar-refractivity contribution < 1.29 is 4.39 Å². The number of rotatable bonds is 1. The van der Waals surface area contributed by atoms with E-state index in [1.165, 1.54) is 12.1 Å². The van der Waals surface area contributed by atoms with Gasteiger partial charge in [0.1, 0.15) is 5.82 Å². The lowest BCUT2D eigenvalue weighted by atomic mass is 10.2. The summed E-state index contributed by atoms with van der Waals surface area (Å²) in [6.45, 7) is 1.82. The van der Waals surface area contributed by atoms with Crippen molar-refractivity contribution >= 4 is 11.6 Å². The lowest BCUT2D eigenvalue weighted by Gasteiger charge is -2.00. The largest absolute Gasteiger partial charge is 0.207 e. The van der Waals surface area contributed by atoms with Crippen molar-refractivity contribution in [1.82, 2.24) is 0 Å². The van der Waals surface area contributed by atoms with E-state index in [0.29, 0.717) is 0 Å². The van der Waals surface area contributed by atoms with Gasteiger partial charge in [-0.3, -0.25) is 0 Å². The average molecular weight is 159 g/mol. The van der Waals surface area contributed by atoms with E-state index in [1.807, 2.05) is 6.92 Å². The second-order valence-corrected chi connectivity index (χ2v) is 2.83. The summed E-state index contributed by atoms with van der Waals surface area (Å²) in [5.74, 6) is -0.231. The summed E-state index contributed by atoms with van der Waals surface area (Å²) in [4.78, 5) is 0. The molecule has 0 saturated carbocycles. The Bertz CT molecular complexity index is 220. The minimum Gasteiger partial charge on any atom is -0.207 e. The second-order valence-electron chi connectivity index (χ2n) is 2.17. The normalized spacial score (nSPS) is 13.1. The van der Waals surface area contributed by atoms with Gasteiger partial charge in [-0.05, 0) is 24.6 Å². The van der Waals surface area contributed by atoms with Crippen LogP contribution in [0.4, 0.5) is 4.39 Å². The maximum atomic E-state index is 12.5. The van der Waals surface area contributed by atoms with E-state index in [9.17, 15) is 4.39 Å². The Labute approximate surface area is 64.6 Å². The maximum Gasteiger partial charge on any atom is 0.123 e. The molecular formula is C8H8ClF. The van der Waals surface area contributed by atoms with E-state index >= 15 is 0 Å². The van der Waals surface area contributed by atoms with Gasteiger partial charge in [-0.2, -0.15) is 0 Å². The standard InChI is InChI=1S/C8H8ClF/c1-6(9)7-3-2-4-8(10)5-7/h2-6H,1H3/t6-/m0/s1. The number of halogens is 2. The van der Waals surface area contributed by atoms with Crippen molar-refractivity contribution in [3.63, 3.8) is 0 Å². The van der Waals surface area contributed by atoms with Crippen LogP contribution in [0.1, 0.15) is 17.9 Å². The summed E-state index contributed by atoms with van der Waals surface area (Å²) < 4.78 is 12.5. The zero-order chi connectivity index (χ0) is 7.56. The summed E-state index contributed by atoms with van der Waals surface area (Å²) >= 11 is 5.71. The van der Waals surface area contributed by atoms with Gasteiger partial charge in [0.15, 0.2) is 0 Å². The van der Waals surface area contributed by atoms with Gasteiger partial charge in [0.05, 0.1) is 5.38 Å². The highest BCUT2D eigenvalue weighted by Gasteiger charge is 1.99. The van der Waals surface area contributed by atoms with Crippen LogP contribution in [0.2, 0.25) is 0 Å². The van der Waals surface area contributed by atoms with Crippen molar-refractivity contribution in [3.8, 4) is 0 Å². The van der Waals surface area contributed by atoms with E-state index < -0.39 is 0 Å². The maximum absolute atomic E-state index is 12.5. The average Bonchev–Trinajstić information content (AvgIpc) is 1.88. The molecule has 2 heteroatoms. The first kappa shape index (κ1) is 7.55. The highest BCUT2D eigenvalue weighted by molar-refractivity contribution is 6.20. The molecule has 0 heterocycles. The Hall–Kier alpha value is -0.560. The lowest BCUT2D eigenvalue weighted by molar-refractivity contribution is 0.625. The Morgan fingerprint density at radius 3 is 2.60 bits per heavy atom. The van der Waals surface area contributed by atoms with Crippen LogP contribution in [-0.4, -0.2) is 0 Å². The fourth-order valence-corrected chi connectivity index (χ4v) is 0.890. The molecule has 0 fully saturated rings. The van der Waals surface area contributed by atoms with Gasteiger partial charge in [0, 0.05) is 0 Å². The summed E-state index contributed by atoms with van der Waals surface area (Å²) in [5.41, 5.74) is 0.821. The topological polar surface area (TPSA) is 0 Å². The molecule has 0 aliphatic carbocycles. The predicted octanol–water partition coefficient (Wildman–Crippen LogP) is 3.13. The minimum atomic E-state index is -0.231. The van der Waals surface area contributed by atoms with Gasteiger partial charge in [-0.1, -0.05) is 12.1 Å². The van der Waals surface area contributed by atoms with Gasteiger partial charge in [0.25, 0.3) is 0 Å². The molecular weight excluding hydrogens is 151 g/mol. The van der Waals surface area contributed by atoms with E-state index in [0.717, 1.165) is 5.56 Å². The summed E-state index contributed by atoms with van der Waals surface area (Å²) in [6, 6.07) is 6.31. The number of hydrogen-bond donors (Lipinski definition) is 0. The third kappa shape index (κ3) is 1.71. The van der Waals surface area contributed by atoms with Crippen LogP contribution in [0.15, 0.2) is 24.3 Å². The molecule has 0 aromatic heterocycles. The molecule has 1 rings (SSSR count). The van der Waals surface area contributed by atoms with Gasteiger partial charge >= 0.3 is 0 Å². The van der Waals surface area contributed by atoms with Crippen molar-refractivity contribution in [2.45, 2.75) is 12.3 Å². The first-order valence-electron chi connectivity index (χ1n) is 3.09. The fraction of sp³-hybridized carbons (Fsp3) is 0.250. The molecule has 1 atom stereocenters. The molecule has 1 aromatic rings. The van der Waals surface area contributed by atoms with E-state index in [1.54, 1.807) is 12.1 Å². The van der Waals surface area contributed by atoms with Crippen molar-refractivity contribution in [2.75, 3.05) is 0 Å². The molecule has 0 aliphatic rings. The first-order chi connectivity index (χ1) is 4.70. The molecule has 10 heavy (non-hydrogen) atoms. The second kappa shape index (κ2) is 3.02. The minimum absolute atomic E-state index is 0.115. The van der Waals surface area contributed by atoms with Crippen LogP contribution in [-0.2, 0) is 0 Å². The zero-order valence-corrected chi connectivity index (χ0v) is 6.40. The molecule has 0 amide bonds. The summed E-state index contributed by atoms with van der Waals surface area (Å²) in [7, 11) is 0. The van der Waals surface area contributed by atoms with Crippen molar-refractivity contribution in [2.24, 2.45) is 0 Å². The van der Waals surface area contributed by atoms with Crippen molar-refractivity contribution in [3.05, 3.63) is 35.6 Å². The van der Waals surface area contributed by atoms with E-state index in [4.69, 9.17) is 11.6 Å².